The second-order valence-corrected chi connectivity index (χ2v) is 9.88. The lowest BCUT2D eigenvalue weighted by molar-refractivity contribution is -0.119. The van der Waals surface area contributed by atoms with E-state index in [1.54, 1.807) is 0 Å². The van der Waals surface area contributed by atoms with Gasteiger partial charge < -0.3 is 15.3 Å². The van der Waals surface area contributed by atoms with Crippen LogP contribution in [0.15, 0.2) is 46.5 Å². The molecule has 172 valence electrons. The number of piperidine rings is 1. The number of aromatic amines is 1. The smallest absolute Gasteiger partial charge is 0.196 e. The first-order chi connectivity index (χ1) is 16.0. The summed E-state index contributed by atoms with van der Waals surface area (Å²) in [5.41, 5.74) is 2.01. The molecule has 3 aromatic rings. The van der Waals surface area contributed by atoms with Crippen LogP contribution < -0.4 is 10.2 Å². The number of ketones is 1. The summed E-state index contributed by atoms with van der Waals surface area (Å²) in [5, 5.41) is 21.0. The Morgan fingerprint density at radius 1 is 1.12 bits per heavy atom. The van der Waals surface area contributed by atoms with Gasteiger partial charge in [0.15, 0.2) is 11.0 Å². The number of anilines is 3. The van der Waals surface area contributed by atoms with E-state index >= 15 is 0 Å². The number of aliphatic hydroxyl groups is 1. The van der Waals surface area contributed by atoms with Gasteiger partial charge in [0.1, 0.15) is 17.4 Å². The number of Topliss-reactive ketones (excluding diaryl/α,β-unsaturated/α-hetero) is 1. The van der Waals surface area contributed by atoms with E-state index in [4.69, 9.17) is 9.97 Å². The van der Waals surface area contributed by atoms with Gasteiger partial charge in [-0.25, -0.2) is 9.97 Å². The number of nitrogens with one attached hydrogen (secondary N) is 2. The van der Waals surface area contributed by atoms with Crippen molar-refractivity contribution >= 4 is 35.0 Å². The van der Waals surface area contributed by atoms with Crippen LogP contribution in [0.3, 0.4) is 0 Å². The molecule has 3 heterocycles. The number of H-pyrrole nitrogens is 1. The molecule has 0 spiro atoms. The Hall–Kier alpha value is -2.91. The fraction of sp³-hybridized carbons (Fsp3) is 0.417. The summed E-state index contributed by atoms with van der Waals surface area (Å²) in [6.07, 6.45) is 3.82. The van der Waals surface area contributed by atoms with Crippen LogP contribution >= 0.6 is 11.8 Å². The minimum Gasteiger partial charge on any atom is -0.393 e. The molecule has 2 aromatic heterocycles. The summed E-state index contributed by atoms with van der Waals surface area (Å²) in [5.74, 6) is 2.84. The second-order valence-electron chi connectivity index (χ2n) is 8.84. The van der Waals surface area contributed by atoms with Gasteiger partial charge in [0.2, 0.25) is 0 Å². The maximum atomic E-state index is 12.1. The molecule has 3 N–H and O–H groups in total. The normalized spacial score (nSPS) is 16.7. The Labute approximate surface area is 197 Å². The highest BCUT2D eigenvalue weighted by molar-refractivity contribution is 7.99. The molecule has 2 aliphatic rings. The van der Waals surface area contributed by atoms with Crippen molar-refractivity contribution in [3.05, 3.63) is 47.7 Å². The van der Waals surface area contributed by atoms with Crippen molar-refractivity contribution in [2.24, 2.45) is 5.92 Å². The van der Waals surface area contributed by atoms with Crippen molar-refractivity contribution in [1.82, 2.24) is 20.2 Å². The number of aromatic nitrogens is 4. The van der Waals surface area contributed by atoms with E-state index in [0.29, 0.717) is 29.0 Å². The van der Waals surface area contributed by atoms with Gasteiger partial charge in [0.25, 0.3) is 0 Å². The van der Waals surface area contributed by atoms with Gasteiger partial charge in [-0.05, 0) is 62.1 Å². The molecule has 1 saturated carbocycles. The van der Waals surface area contributed by atoms with Gasteiger partial charge >= 0.3 is 0 Å². The Bertz CT molecular complexity index is 1120. The predicted octanol–water partition coefficient (Wildman–Crippen LogP) is 3.89. The molecule has 0 bridgehead atoms. The molecule has 1 saturated heterocycles. The molecule has 0 radical (unpaired) electrons. The van der Waals surface area contributed by atoms with Gasteiger partial charge in [-0.1, -0.05) is 12.1 Å². The lowest BCUT2D eigenvalue weighted by Crippen LogP contribution is -2.36. The molecule has 0 amide bonds. The van der Waals surface area contributed by atoms with Crippen LogP contribution in [0.4, 0.5) is 17.5 Å². The summed E-state index contributed by atoms with van der Waals surface area (Å²) < 4.78 is 0. The molecular formula is C24H28N6O2S. The van der Waals surface area contributed by atoms with E-state index in [1.165, 1.54) is 11.8 Å². The van der Waals surface area contributed by atoms with Crippen LogP contribution in [0, 0.1) is 12.8 Å². The largest absolute Gasteiger partial charge is 0.393 e. The molecule has 1 aromatic carbocycles. The summed E-state index contributed by atoms with van der Waals surface area (Å²) >= 11 is 1.49. The average molecular weight is 465 g/mol. The molecule has 1 aliphatic carbocycles. The lowest BCUT2D eigenvalue weighted by Gasteiger charge is -2.30. The van der Waals surface area contributed by atoms with Gasteiger partial charge in [-0.3, -0.25) is 9.89 Å². The van der Waals surface area contributed by atoms with Crippen molar-refractivity contribution in [3.63, 3.8) is 0 Å². The number of hydrogen-bond acceptors (Lipinski definition) is 8. The van der Waals surface area contributed by atoms with Crippen LogP contribution in [0.1, 0.15) is 36.9 Å². The molecule has 9 heteroatoms. The Balaban J connectivity index is 1.35. The Kier molecular flexibility index (Phi) is 6.32. The summed E-state index contributed by atoms with van der Waals surface area (Å²) in [7, 11) is 0. The second kappa shape index (κ2) is 9.52. The van der Waals surface area contributed by atoms with E-state index in [2.05, 4.69) is 20.4 Å². The third-order valence-electron chi connectivity index (χ3n) is 5.99. The van der Waals surface area contributed by atoms with E-state index in [0.717, 1.165) is 60.7 Å². The van der Waals surface area contributed by atoms with Crippen LogP contribution in [0.5, 0.6) is 0 Å². The maximum Gasteiger partial charge on any atom is 0.196 e. The monoisotopic (exact) mass is 464 g/mol. The molecular weight excluding hydrogens is 436 g/mol. The first-order valence-electron chi connectivity index (χ1n) is 11.4. The first kappa shape index (κ1) is 21.9. The van der Waals surface area contributed by atoms with E-state index in [9.17, 15) is 9.90 Å². The minimum absolute atomic E-state index is 0.244. The highest BCUT2D eigenvalue weighted by Crippen LogP contribution is 2.32. The number of carbonyl (C=O) groups excluding carboxylic acids is 1. The van der Waals surface area contributed by atoms with E-state index in [-0.39, 0.29) is 12.0 Å². The topological polar surface area (TPSA) is 107 Å². The quantitative estimate of drug-likeness (QED) is 0.431. The van der Waals surface area contributed by atoms with Crippen molar-refractivity contribution in [2.75, 3.05) is 23.3 Å². The number of rotatable bonds is 8. The van der Waals surface area contributed by atoms with Crippen molar-refractivity contribution in [1.29, 1.82) is 0 Å². The summed E-state index contributed by atoms with van der Waals surface area (Å²) in [6, 6.07) is 11.9. The van der Waals surface area contributed by atoms with Gasteiger partial charge in [-0.2, -0.15) is 5.10 Å². The molecule has 0 atom stereocenters. The summed E-state index contributed by atoms with van der Waals surface area (Å²) in [6.45, 7) is 3.46. The molecule has 8 nitrogen and oxygen atoms in total. The summed E-state index contributed by atoms with van der Waals surface area (Å²) in [4.78, 5) is 24.8. The zero-order valence-corrected chi connectivity index (χ0v) is 19.4. The third-order valence-corrected chi connectivity index (χ3v) is 6.86. The van der Waals surface area contributed by atoms with Gasteiger partial charge in [-0.15, -0.1) is 0 Å². The van der Waals surface area contributed by atoms with E-state index < -0.39 is 0 Å². The number of hydrogen-bond donors (Lipinski definition) is 3. The number of benzene rings is 1. The van der Waals surface area contributed by atoms with Crippen molar-refractivity contribution in [2.45, 2.75) is 55.2 Å². The minimum atomic E-state index is -0.244. The molecule has 0 unspecified atom stereocenters. The fourth-order valence-corrected chi connectivity index (χ4v) is 4.69. The fourth-order valence-electron chi connectivity index (χ4n) is 3.92. The maximum absolute atomic E-state index is 12.1. The zero-order valence-electron chi connectivity index (χ0n) is 18.6. The van der Waals surface area contributed by atoms with Crippen LogP contribution in [0.25, 0.3) is 0 Å². The molecule has 2 fully saturated rings. The first-order valence-corrected chi connectivity index (χ1v) is 12.2. The van der Waals surface area contributed by atoms with Gasteiger partial charge in [0.05, 0.1) is 6.10 Å². The number of nitrogens with zero attached hydrogens (tertiary/aromatic N) is 4. The van der Waals surface area contributed by atoms with E-state index in [1.807, 2.05) is 43.3 Å². The van der Waals surface area contributed by atoms with Crippen LogP contribution in [0.2, 0.25) is 0 Å². The Morgan fingerprint density at radius 3 is 2.55 bits per heavy atom. The average Bonchev–Trinajstić information content (AvgIpc) is 3.58. The Morgan fingerprint density at radius 2 is 1.88 bits per heavy atom. The zero-order chi connectivity index (χ0) is 22.8. The molecule has 33 heavy (non-hydrogen) atoms. The van der Waals surface area contributed by atoms with Crippen LogP contribution in [-0.4, -0.2) is 50.2 Å². The molecule has 5 rings (SSSR count). The number of aliphatic hydroxyl groups excluding tert-OH is 1. The highest BCUT2D eigenvalue weighted by atomic mass is 32.2. The highest BCUT2D eigenvalue weighted by Gasteiger charge is 2.29. The number of carbonyl (C=O) groups is 1. The third kappa shape index (κ3) is 5.72. The SMILES string of the molecule is Cc1cc(Nc2cc(N3CCC(O)CC3)nc(Sc3ccc(CC(=O)C4CC4)cc3)n2)n[nH]1. The standard InChI is InChI=1S/C24H28N6O2S/c1-15-12-22(29-28-15)25-21-14-23(30-10-8-18(31)9-11-30)27-24(26-21)33-19-6-2-16(3-7-19)13-20(32)17-4-5-17/h2-3,6-7,12,14,17-18,31H,4-5,8-11,13H2,1H3,(H2,25,26,27,28,29). The van der Waals surface area contributed by atoms with Crippen LogP contribution in [-0.2, 0) is 11.2 Å². The lowest BCUT2D eigenvalue weighted by atomic mass is 10.1. The number of aryl methyl sites for hydroxylation is 1. The van der Waals surface area contributed by atoms with Crippen molar-refractivity contribution in [3.8, 4) is 0 Å². The molecule has 1 aliphatic heterocycles. The predicted molar refractivity (Wildman–Crippen MR) is 128 cm³/mol. The van der Waals surface area contributed by atoms with Gasteiger partial charge in [0, 0.05) is 48.2 Å². The van der Waals surface area contributed by atoms with Crippen molar-refractivity contribution < 1.29 is 9.90 Å².